The number of imidazole rings is 1. The monoisotopic (exact) mass is 407 g/mol. The van der Waals surface area contributed by atoms with E-state index in [0.717, 1.165) is 43.7 Å². The molecule has 1 fully saturated rings. The number of amides is 1. The Bertz CT molecular complexity index is 923. The second-order valence-electron chi connectivity index (χ2n) is 8.50. The van der Waals surface area contributed by atoms with E-state index in [4.69, 9.17) is 9.40 Å². The predicted molar refractivity (Wildman–Crippen MR) is 120 cm³/mol. The molecular formula is C25H33N3O2. The Morgan fingerprint density at radius 2 is 1.93 bits per heavy atom. The molecule has 5 heteroatoms. The summed E-state index contributed by atoms with van der Waals surface area (Å²) < 4.78 is 7.58. The van der Waals surface area contributed by atoms with Gasteiger partial charge in [-0.05, 0) is 49.4 Å². The zero-order valence-corrected chi connectivity index (χ0v) is 17.8. The molecule has 0 bridgehead atoms. The van der Waals surface area contributed by atoms with Crippen molar-refractivity contribution in [2.75, 3.05) is 6.54 Å². The lowest BCUT2D eigenvalue weighted by molar-refractivity contribution is 0.0925. The van der Waals surface area contributed by atoms with Crippen LogP contribution in [0.25, 0.3) is 11.0 Å². The second kappa shape index (κ2) is 10.5. The number of hydrogen-bond donors (Lipinski definition) is 1. The van der Waals surface area contributed by atoms with E-state index in [2.05, 4.69) is 34.1 Å². The average Bonchev–Trinajstić information content (AvgIpc) is 3.43. The first-order valence-electron chi connectivity index (χ1n) is 11.6. The molecule has 1 saturated carbocycles. The lowest BCUT2D eigenvalue weighted by Crippen LogP contribution is -2.23. The zero-order chi connectivity index (χ0) is 20.6. The number of aromatic nitrogens is 2. The summed E-state index contributed by atoms with van der Waals surface area (Å²) in [7, 11) is 0. The summed E-state index contributed by atoms with van der Waals surface area (Å²) in [5, 5.41) is 2.92. The van der Waals surface area contributed by atoms with Crippen LogP contribution in [0.5, 0.6) is 0 Å². The molecule has 2 aromatic heterocycles. The van der Waals surface area contributed by atoms with E-state index < -0.39 is 0 Å². The largest absolute Gasteiger partial charge is 0.459 e. The first-order chi connectivity index (χ1) is 14.8. The fraction of sp³-hybridized carbons (Fsp3) is 0.520. The van der Waals surface area contributed by atoms with Gasteiger partial charge >= 0.3 is 0 Å². The highest BCUT2D eigenvalue weighted by molar-refractivity contribution is 5.91. The van der Waals surface area contributed by atoms with Gasteiger partial charge in [0.1, 0.15) is 5.82 Å². The Morgan fingerprint density at radius 1 is 1.07 bits per heavy atom. The van der Waals surface area contributed by atoms with E-state index in [1.54, 1.807) is 12.1 Å². The minimum Gasteiger partial charge on any atom is -0.459 e. The predicted octanol–water partition coefficient (Wildman–Crippen LogP) is 5.74. The van der Waals surface area contributed by atoms with Crippen molar-refractivity contribution in [2.24, 2.45) is 5.92 Å². The summed E-state index contributed by atoms with van der Waals surface area (Å²) in [6.45, 7) is 1.76. The average molecular weight is 408 g/mol. The third-order valence-electron chi connectivity index (χ3n) is 6.33. The minimum atomic E-state index is -0.135. The Hall–Kier alpha value is -2.56. The molecule has 1 aliphatic rings. The molecule has 0 atom stereocenters. The molecule has 30 heavy (non-hydrogen) atoms. The molecule has 0 radical (unpaired) electrons. The van der Waals surface area contributed by atoms with Crippen LogP contribution in [0.1, 0.15) is 74.2 Å². The Morgan fingerprint density at radius 3 is 2.77 bits per heavy atom. The number of hydrogen-bond acceptors (Lipinski definition) is 3. The maximum Gasteiger partial charge on any atom is 0.286 e. The number of carbonyl (C=O) groups is 1. The fourth-order valence-electron chi connectivity index (χ4n) is 4.63. The van der Waals surface area contributed by atoms with E-state index in [1.807, 2.05) is 0 Å². The number of fused-ring (bicyclic) bond motifs is 1. The first kappa shape index (κ1) is 20.7. The standard InChI is InChI=1S/C25H33N3O2/c29-25(23-14-9-19-30-23)26-17-8-2-5-15-24-27-21-12-6-7-13-22(21)28(24)18-16-20-10-3-1-4-11-20/h6-7,9,12-14,19-20H,1-5,8,10-11,15-18H2,(H,26,29). The highest BCUT2D eigenvalue weighted by Gasteiger charge is 2.16. The summed E-state index contributed by atoms with van der Waals surface area (Å²) in [5.74, 6) is 2.34. The van der Waals surface area contributed by atoms with Crippen molar-refractivity contribution in [1.82, 2.24) is 14.9 Å². The van der Waals surface area contributed by atoms with Gasteiger partial charge in [0.2, 0.25) is 0 Å². The normalized spacial score (nSPS) is 14.9. The summed E-state index contributed by atoms with van der Waals surface area (Å²) in [5.41, 5.74) is 2.39. The molecule has 1 aromatic carbocycles. The summed E-state index contributed by atoms with van der Waals surface area (Å²) in [4.78, 5) is 16.8. The van der Waals surface area contributed by atoms with Crippen LogP contribution in [-0.2, 0) is 13.0 Å². The van der Waals surface area contributed by atoms with E-state index in [-0.39, 0.29) is 5.91 Å². The molecule has 1 N–H and O–H groups in total. The molecule has 0 aliphatic heterocycles. The molecule has 1 amide bonds. The van der Waals surface area contributed by atoms with E-state index in [0.29, 0.717) is 12.3 Å². The number of rotatable bonds is 10. The van der Waals surface area contributed by atoms with Gasteiger partial charge in [-0.2, -0.15) is 0 Å². The van der Waals surface area contributed by atoms with Crippen LogP contribution in [0, 0.1) is 5.92 Å². The van der Waals surface area contributed by atoms with Gasteiger partial charge < -0.3 is 14.3 Å². The van der Waals surface area contributed by atoms with E-state index in [1.165, 1.54) is 56.1 Å². The van der Waals surface area contributed by atoms with Crippen molar-refractivity contribution in [3.63, 3.8) is 0 Å². The lowest BCUT2D eigenvalue weighted by atomic mass is 9.87. The molecule has 160 valence electrons. The van der Waals surface area contributed by atoms with Gasteiger partial charge in [-0.3, -0.25) is 4.79 Å². The zero-order valence-electron chi connectivity index (χ0n) is 17.8. The Labute approximate surface area is 178 Å². The number of aryl methyl sites for hydroxylation is 2. The van der Waals surface area contributed by atoms with Gasteiger partial charge in [0, 0.05) is 19.5 Å². The Kier molecular flexibility index (Phi) is 7.22. The van der Waals surface area contributed by atoms with Gasteiger partial charge in [-0.1, -0.05) is 50.7 Å². The third-order valence-corrected chi connectivity index (χ3v) is 6.33. The van der Waals surface area contributed by atoms with Gasteiger partial charge in [-0.15, -0.1) is 0 Å². The molecule has 0 spiro atoms. The lowest BCUT2D eigenvalue weighted by Gasteiger charge is -2.22. The smallest absolute Gasteiger partial charge is 0.286 e. The summed E-state index contributed by atoms with van der Waals surface area (Å²) >= 11 is 0. The molecule has 0 saturated heterocycles. The van der Waals surface area contributed by atoms with Crippen LogP contribution in [0.2, 0.25) is 0 Å². The third kappa shape index (κ3) is 5.32. The van der Waals surface area contributed by atoms with Gasteiger partial charge in [0.15, 0.2) is 5.76 Å². The van der Waals surface area contributed by atoms with Crippen molar-refractivity contribution in [2.45, 2.75) is 70.8 Å². The van der Waals surface area contributed by atoms with Crippen LogP contribution in [-0.4, -0.2) is 22.0 Å². The van der Waals surface area contributed by atoms with Crippen molar-refractivity contribution < 1.29 is 9.21 Å². The molecule has 3 aromatic rings. The van der Waals surface area contributed by atoms with E-state index in [9.17, 15) is 4.79 Å². The second-order valence-corrected chi connectivity index (χ2v) is 8.50. The minimum absolute atomic E-state index is 0.135. The van der Waals surface area contributed by atoms with Gasteiger partial charge in [0.05, 0.1) is 17.3 Å². The SMILES string of the molecule is O=C(NCCCCCc1nc2ccccc2n1CCC1CCCCC1)c1ccco1. The molecule has 0 unspecified atom stereocenters. The quantitative estimate of drug-likeness (QED) is 0.436. The van der Waals surface area contributed by atoms with Crippen molar-refractivity contribution in [3.8, 4) is 0 Å². The molecular weight excluding hydrogens is 374 g/mol. The molecule has 1 aliphatic carbocycles. The number of nitrogens with zero attached hydrogens (tertiary/aromatic N) is 2. The maximum absolute atomic E-state index is 11.9. The van der Waals surface area contributed by atoms with Crippen LogP contribution in [0.4, 0.5) is 0 Å². The molecule has 5 nitrogen and oxygen atoms in total. The van der Waals surface area contributed by atoms with Crippen molar-refractivity contribution in [3.05, 3.63) is 54.2 Å². The fourth-order valence-corrected chi connectivity index (χ4v) is 4.63. The van der Waals surface area contributed by atoms with Crippen LogP contribution in [0.3, 0.4) is 0 Å². The number of benzene rings is 1. The van der Waals surface area contributed by atoms with Crippen molar-refractivity contribution >= 4 is 16.9 Å². The van der Waals surface area contributed by atoms with E-state index >= 15 is 0 Å². The number of unbranched alkanes of at least 4 members (excludes halogenated alkanes) is 2. The number of nitrogens with one attached hydrogen (secondary N) is 1. The van der Waals surface area contributed by atoms with Crippen molar-refractivity contribution in [1.29, 1.82) is 0 Å². The highest BCUT2D eigenvalue weighted by Crippen LogP contribution is 2.28. The molecule has 4 rings (SSSR count). The Balaban J connectivity index is 1.27. The highest BCUT2D eigenvalue weighted by atomic mass is 16.3. The summed E-state index contributed by atoms with van der Waals surface area (Å²) in [6.07, 6.45) is 13.9. The van der Waals surface area contributed by atoms with Gasteiger partial charge in [-0.25, -0.2) is 4.98 Å². The molecule has 2 heterocycles. The van der Waals surface area contributed by atoms with Gasteiger partial charge in [0.25, 0.3) is 5.91 Å². The summed E-state index contributed by atoms with van der Waals surface area (Å²) in [6, 6.07) is 11.9. The topological polar surface area (TPSA) is 60.1 Å². The first-order valence-corrected chi connectivity index (χ1v) is 11.6. The maximum atomic E-state index is 11.9. The van der Waals surface area contributed by atoms with Crippen LogP contribution < -0.4 is 5.32 Å². The van der Waals surface area contributed by atoms with Crippen LogP contribution >= 0.6 is 0 Å². The number of furan rings is 1. The number of para-hydroxylation sites is 2. The van der Waals surface area contributed by atoms with Crippen LogP contribution in [0.15, 0.2) is 47.1 Å². The number of carbonyl (C=O) groups excluding carboxylic acids is 1.